The lowest BCUT2D eigenvalue weighted by Gasteiger charge is -2.27. The van der Waals surface area contributed by atoms with Gasteiger partial charge in [-0.2, -0.15) is 0 Å². The van der Waals surface area contributed by atoms with Crippen LogP contribution in [0.5, 0.6) is 0 Å². The van der Waals surface area contributed by atoms with Crippen molar-refractivity contribution in [2.45, 2.75) is 19.8 Å². The minimum atomic E-state index is 0.350. The van der Waals surface area contributed by atoms with Gasteiger partial charge in [0, 0.05) is 38.3 Å². The number of nitrogens with zero attached hydrogens (tertiary/aromatic N) is 3. The van der Waals surface area contributed by atoms with E-state index in [2.05, 4.69) is 14.9 Å². The molecule has 1 aliphatic rings. The van der Waals surface area contributed by atoms with Crippen LogP contribution in [0.25, 0.3) is 0 Å². The van der Waals surface area contributed by atoms with Gasteiger partial charge in [0.15, 0.2) is 0 Å². The van der Waals surface area contributed by atoms with Gasteiger partial charge in [-0.1, -0.05) is 0 Å². The molecular weight excluding hydrogens is 178 g/mol. The zero-order chi connectivity index (χ0) is 9.97. The van der Waals surface area contributed by atoms with E-state index in [0.717, 1.165) is 24.6 Å². The first-order chi connectivity index (χ1) is 6.77. The van der Waals surface area contributed by atoms with Gasteiger partial charge in [-0.15, -0.1) is 0 Å². The van der Waals surface area contributed by atoms with E-state index in [-0.39, 0.29) is 0 Å². The van der Waals surface area contributed by atoms with Crippen LogP contribution in [-0.4, -0.2) is 28.8 Å². The van der Waals surface area contributed by atoms with E-state index >= 15 is 0 Å². The predicted octanol–water partition coefficient (Wildman–Crippen LogP) is 0.954. The number of hydrogen-bond acceptors (Lipinski definition) is 4. The van der Waals surface area contributed by atoms with Crippen LogP contribution in [0.3, 0.4) is 0 Å². The van der Waals surface area contributed by atoms with Crippen molar-refractivity contribution in [3.8, 4) is 0 Å². The van der Waals surface area contributed by atoms with Gasteiger partial charge in [0.25, 0.3) is 0 Å². The van der Waals surface area contributed by atoms with Crippen molar-refractivity contribution < 1.29 is 4.79 Å². The van der Waals surface area contributed by atoms with Gasteiger partial charge in [0.1, 0.15) is 11.6 Å². The fraction of sp³-hybridized carbons (Fsp3) is 0.500. The zero-order valence-electron chi connectivity index (χ0n) is 8.23. The summed E-state index contributed by atoms with van der Waals surface area (Å²) in [6, 6.07) is 0. The lowest BCUT2D eigenvalue weighted by molar-refractivity contribution is -0.119. The SMILES string of the molecule is Cc1nccnc1N1CCC(=O)CC1. The van der Waals surface area contributed by atoms with Crippen molar-refractivity contribution in [3.05, 3.63) is 18.1 Å². The maximum absolute atomic E-state index is 11.1. The molecule has 1 aromatic rings. The Bertz CT molecular complexity index is 341. The summed E-state index contributed by atoms with van der Waals surface area (Å²) >= 11 is 0. The summed E-state index contributed by atoms with van der Waals surface area (Å²) in [7, 11) is 0. The predicted molar refractivity (Wildman–Crippen MR) is 53.2 cm³/mol. The summed E-state index contributed by atoms with van der Waals surface area (Å²) < 4.78 is 0. The summed E-state index contributed by atoms with van der Waals surface area (Å²) in [4.78, 5) is 21.7. The molecule has 4 heteroatoms. The van der Waals surface area contributed by atoms with Crippen LogP contribution < -0.4 is 4.90 Å². The molecule has 0 aliphatic carbocycles. The fourth-order valence-corrected chi connectivity index (χ4v) is 1.68. The van der Waals surface area contributed by atoms with E-state index in [1.807, 2.05) is 6.92 Å². The number of anilines is 1. The average Bonchev–Trinajstić information content (AvgIpc) is 2.20. The highest BCUT2D eigenvalue weighted by Gasteiger charge is 2.18. The van der Waals surface area contributed by atoms with Crippen LogP contribution >= 0.6 is 0 Å². The number of rotatable bonds is 1. The van der Waals surface area contributed by atoms with Crippen LogP contribution in [0.1, 0.15) is 18.5 Å². The third-order valence-electron chi connectivity index (χ3n) is 2.48. The summed E-state index contributed by atoms with van der Waals surface area (Å²) in [5, 5.41) is 0. The molecule has 1 aliphatic heterocycles. The van der Waals surface area contributed by atoms with Gasteiger partial charge < -0.3 is 4.90 Å². The molecule has 0 bridgehead atoms. The number of aromatic nitrogens is 2. The van der Waals surface area contributed by atoms with E-state index in [1.54, 1.807) is 12.4 Å². The van der Waals surface area contributed by atoms with Crippen LogP contribution in [0.2, 0.25) is 0 Å². The van der Waals surface area contributed by atoms with Gasteiger partial charge in [-0.3, -0.25) is 9.78 Å². The van der Waals surface area contributed by atoms with E-state index < -0.39 is 0 Å². The first kappa shape index (κ1) is 9.12. The second-order valence-corrected chi connectivity index (χ2v) is 3.49. The fourth-order valence-electron chi connectivity index (χ4n) is 1.68. The molecule has 2 rings (SSSR count). The van der Waals surface area contributed by atoms with Crippen LogP contribution in [0.15, 0.2) is 12.4 Å². The number of ketones is 1. The standard InChI is InChI=1S/C10H13N3O/c1-8-10(12-5-4-11-8)13-6-2-9(14)3-7-13/h4-5H,2-3,6-7H2,1H3. The average molecular weight is 191 g/mol. The summed E-state index contributed by atoms with van der Waals surface area (Å²) in [5.74, 6) is 1.27. The number of carbonyl (C=O) groups is 1. The summed E-state index contributed by atoms with van der Waals surface area (Å²) in [6.45, 7) is 3.50. The Morgan fingerprint density at radius 3 is 2.50 bits per heavy atom. The van der Waals surface area contributed by atoms with Crippen LogP contribution in [0.4, 0.5) is 5.82 Å². The molecule has 0 spiro atoms. The normalized spacial score (nSPS) is 17.2. The van der Waals surface area contributed by atoms with E-state index in [9.17, 15) is 4.79 Å². The number of aryl methyl sites for hydroxylation is 1. The molecule has 2 heterocycles. The highest BCUT2D eigenvalue weighted by atomic mass is 16.1. The van der Waals surface area contributed by atoms with Gasteiger partial charge in [0.2, 0.25) is 0 Å². The molecular formula is C10H13N3O. The van der Waals surface area contributed by atoms with Crippen molar-refractivity contribution >= 4 is 11.6 Å². The highest BCUT2D eigenvalue weighted by molar-refractivity contribution is 5.80. The number of Topliss-reactive ketones (excluding diaryl/α,β-unsaturated/α-hetero) is 1. The lowest BCUT2D eigenvalue weighted by Crippen LogP contribution is -2.34. The van der Waals surface area contributed by atoms with E-state index in [0.29, 0.717) is 18.6 Å². The highest BCUT2D eigenvalue weighted by Crippen LogP contribution is 2.17. The van der Waals surface area contributed by atoms with Crippen LogP contribution in [0, 0.1) is 6.92 Å². The topological polar surface area (TPSA) is 46.1 Å². The van der Waals surface area contributed by atoms with Gasteiger partial charge in [0.05, 0.1) is 5.69 Å². The van der Waals surface area contributed by atoms with E-state index in [1.165, 1.54) is 0 Å². The molecule has 0 atom stereocenters. The summed E-state index contributed by atoms with van der Waals surface area (Å²) in [5.41, 5.74) is 0.932. The zero-order valence-corrected chi connectivity index (χ0v) is 8.23. The van der Waals surface area contributed by atoms with Crippen molar-refractivity contribution in [2.24, 2.45) is 0 Å². The Balaban J connectivity index is 2.16. The van der Waals surface area contributed by atoms with Crippen LogP contribution in [-0.2, 0) is 4.79 Å². The smallest absolute Gasteiger partial charge is 0.150 e. The van der Waals surface area contributed by atoms with Crippen molar-refractivity contribution in [2.75, 3.05) is 18.0 Å². The first-order valence-corrected chi connectivity index (χ1v) is 4.81. The number of hydrogen-bond donors (Lipinski definition) is 0. The largest absolute Gasteiger partial charge is 0.354 e. The monoisotopic (exact) mass is 191 g/mol. The Morgan fingerprint density at radius 1 is 1.21 bits per heavy atom. The lowest BCUT2D eigenvalue weighted by atomic mass is 10.1. The third-order valence-corrected chi connectivity index (χ3v) is 2.48. The molecule has 0 radical (unpaired) electrons. The molecule has 4 nitrogen and oxygen atoms in total. The Hall–Kier alpha value is -1.45. The minimum absolute atomic E-state index is 0.350. The summed E-state index contributed by atoms with van der Waals surface area (Å²) in [6.07, 6.45) is 4.65. The third kappa shape index (κ3) is 1.73. The van der Waals surface area contributed by atoms with Gasteiger partial charge >= 0.3 is 0 Å². The maximum Gasteiger partial charge on any atom is 0.150 e. The molecule has 0 saturated carbocycles. The Labute approximate surface area is 83.0 Å². The van der Waals surface area contributed by atoms with Crippen molar-refractivity contribution in [1.82, 2.24) is 9.97 Å². The van der Waals surface area contributed by atoms with Crippen molar-refractivity contribution in [3.63, 3.8) is 0 Å². The van der Waals surface area contributed by atoms with Gasteiger partial charge in [-0.05, 0) is 6.92 Å². The second kappa shape index (κ2) is 3.74. The quantitative estimate of drug-likeness (QED) is 0.663. The Kier molecular flexibility index (Phi) is 2.43. The molecule has 1 saturated heterocycles. The molecule has 14 heavy (non-hydrogen) atoms. The molecule has 0 N–H and O–H groups in total. The molecule has 0 amide bonds. The molecule has 1 aromatic heterocycles. The number of piperidine rings is 1. The Morgan fingerprint density at radius 2 is 1.86 bits per heavy atom. The molecule has 0 aromatic carbocycles. The van der Waals surface area contributed by atoms with Crippen molar-refractivity contribution in [1.29, 1.82) is 0 Å². The second-order valence-electron chi connectivity index (χ2n) is 3.49. The number of carbonyl (C=O) groups excluding carboxylic acids is 1. The first-order valence-electron chi connectivity index (χ1n) is 4.81. The molecule has 0 unspecified atom stereocenters. The maximum atomic E-state index is 11.1. The van der Waals surface area contributed by atoms with Gasteiger partial charge in [-0.25, -0.2) is 4.98 Å². The minimum Gasteiger partial charge on any atom is -0.354 e. The molecule has 74 valence electrons. The molecule has 1 fully saturated rings. The van der Waals surface area contributed by atoms with E-state index in [4.69, 9.17) is 0 Å².